The molecule has 0 unspecified atom stereocenters. The number of hydrogen-bond acceptors (Lipinski definition) is 2. The summed E-state index contributed by atoms with van der Waals surface area (Å²) in [4.78, 5) is 4.31. The molecule has 0 aliphatic rings. The summed E-state index contributed by atoms with van der Waals surface area (Å²) in [5.74, 6) is 1.09. The van der Waals surface area contributed by atoms with Crippen molar-refractivity contribution in [2.75, 3.05) is 7.11 Å². The van der Waals surface area contributed by atoms with Gasteiger partial charge in [-0.2, -0.15) is 0 Å². The SMILES string of the molecule is COc1ccc(Br)c2nc(Cl)c(CCl)cc12. The quantitative estimate of drug-likeness (QED) is 0.604. The van der Waals surface area contributed by atoms with Crippen LogP contribution >= 0.6 is 39.1 Å². The molecule has 0 fully saturated rings. The van der Waals surface area contributed by atoms with Crippen molar-refractivity contribution in [1.82, 2.24) is 4.98 Å². The second-order valence-electron chi connectivity index (χ2n) is 3.22. The molecular weight excluding hydrogens is 313 g/mol. The van der Waals surface area contributed by atoms with Gasteiger partial charge >= 0.3 is 0 Å². The van der Waals surface area contributed by atoms with Crippen molar-refractivity contribution in [3.05, 3.63) is 33.4 Å². The van der Waals surface area contributed by atoms with Crippen molar-refractivity contribution in [1.29, 1.82) is 0 Å². The Morgan fingerprint density at radius 3 is 2.81 bits per heavy atom. The van der Waals surface area contributed by atoms with Gasteiger partial charge in [0.15, 0.2) is 0 Å². The van der Waals surface area contributed by atoms with E-state index in [0.29, 0.717) is 11.0 Å². The number of alkyl halides is 1. The fraction of sp³-hybridized carbons (Fsp3) is 0.182. The number of aromatic nitrogens is 1. The lowest BCUT2D eigenvalue weighted by Gasteiger charge is -2.08. The van der Waals surface area contributed by atoms with E-state index in [2.05, 4.69) is 20.9 Å². The summed E-state index contributed by atoms with van der Waals surface area (Å²) >= 11 is 15.2. The highest BCUT2D eigenvalue weighted by atomic mass is 79.9. The van der Waals surface area contributed by atoms with Crippen LogP contribution in [0, 0.1) is 0 Å². The van der Waals surface area contributed by atoms with E-state index in [1.165, 1.54) is 0 Å². The third-order valence-corrected chi connectivity index (χ3v) is 3.54. The Morgan fingerprint density at radius 2 is 2.19 bits per heavy atom. The third kappa shape index (κ3) is 1.99. The molecule has 0 atom stereocenters. The van der Waals surface area contributed by atoms with E-state index in [1.54, 1.807) is 7.11 Å². The van der Waals surface area contributed by atoms with E-state index >= 15 is 0 Å². The molecule has 2 aromatic rings. The molecule has 0 amide bonds. The molecule has 1 aromatic heterocycles. The third-order valence-electron chi connectivity index (χ3n) is 2.29. The summed E-state index contributed by atoms with van der Waals surface area (Å²) in [6.45, 7) is 0. The predicted octanol–water partition coefficient (Wildman–Crippen LogP) is 4.40. The first kappa shape index (κ1) is 12.0. The average molecular weight is 321 g/mol. The molecule has 1 aromatic carbocycles. The number of hydrogen-bond donors (Lipinski definition) is 0. The molecule has 16 heavy (non-hydrogen) atoms. The maximum absolute atomic E-state index is 6.01. The standard InChI is InChI=1S/C11H8BrCl2NO/c1-16-9-3-2-8(12)10-7(9)4-6(5-13)11(14)15-10/h2-4H,5H2,1H3. The Hall–Kier alpha value is -0.510. The Morgan fingerprint density at radius 1 is 1.44 bits per heavy atom. The van der Waals surface area contributed by atoms with Crippen molar-refractivity contribution in [2.45, 2.75) is 5.88 Å². The molecule has 0 radical (unpaired) electrons. The number of ether oxygens (including phenoxy) is 1. The number of pyridine rings is 1. The molecule has 1 heterocycles. The minimum atomic E-state index is 0.331. The maximum atomic E-state index is 6.01. The smallest absolute Gasteiger partial charge is 0.134 e. The number of rotatable bonds is 2. The highest BCUT2D eigenvalue weighted by Crippen LogP contribution is 2.33. The number of halogens is 3. The first-order valence-electron chi connectivity index (χ1n) is 4.55. The minimum Gasteiger partial charge on any atom is -0.496 e. The van der Waals surface area contributed by atoms with E-state index in [-0.39, 0.29) is 0 Å². The van der Waals surface area contributed by atoms with E-state index in [4.69, 9.17) is 27.9 Å². The maximum Gasteiger partial charge on any atom is 0.134 e. The topological polar surface area (TPSA) is 22.1 Å². The highest BCUT2D eigenvalue weighted by molar-refractivity contribution is 9.10. The van der Waals surface area contributed by atoms with Crippen LogP contribution in [0.5, 0.6) is 5.75 Å². The first-order chi connectivity index (χ1) is 7.67. The van der Waals surface area contributed by atoms with E-state index < -0.39 is 0 Å². The normalized spacial score (nSPS) is 10.8. The van der Waals surface area contributed by atoms with Crippen molar-refractivity contribution in [3.63, 3.8) is 0 Å². The average Bonchev–Trinajstić information content (AvgIpc) is 2.30. The second-order valence-corrected chi connectivity index (χ2v) is 4.70. The van der Waals surface area contributed by atoms with Gasteiger partial charge in [0, 0.05) is 15.4 Å². The largest absolute Gasteiger partial charge is 0.496 e. The van der Waals surface area contributed by atoms with Crippen LogP contribution in [0.25, 0.3) is 10.9 Å². The van der Waals surface area contributed by atoms with Gasteiger partial charge in [-0.1, -0.05) is 11.6 Å². The molecule has 0 aliphatic carbocycles. The number of methoxy groups -OCH3 is 1. The fourth-order valence-electron chi connectivity index (χ4n) is 1.49. The van der Waals surface area contributed by atoms with E-state index in [0.717, 1.165) is 26.7 Å². The summed E-state index contributed by atoms with van der Waals surface area (Å²) in [5.41, 5.74) is 1.57. The molecule has 0 saturated carbocycles. The van der Waals surface area contributed by atoms with Gasteiger partial charge in [0.1, 0.15) is 10.9 Å². The fourth-order valence-corrected chi connectivity index (χ4v) is 2.40. The van der Waals surface area contributed by atoms with Gasteiger partial charge < -0.3 is 4.74 Å². The van der Waals surface area contributed by atoms with Crippen LogP contribution in [0.2, 0.25) is 5.15 Å². The molecule has 5 heteroatoms. The molecule has 0 N–H and O–H groups in total. The summed E-state index contributed by atoms with van der Waals surface area (Å²) < 4.78 is 6.16. The van der Waals surface area contributed by atoms with Gasteiger partial charge in [-0.15, -0.1) is 11.6 Å². The van der Waals surface area contributed by atoms with Gasteiger partial charge in [-0.3, -0.25) is 0 Å². The van der Waals surface area contributed by atoms with Gasteiger partial charge in [0.25, 0.3) is 0 Å². The van der Waals surface area contributed by atoms with Crippen molar-refractivity contribution in [3.8, 4) is 5.75 Å². The monoisotopic (exact) mass is 319 g/mol. The van der Waals surface area contributed by atoms with E-state index in [9.17, 15) is 0 Å². The Balaban J connectivity index is 2.83. The van der Waals surface area contributed by atoms with Crippen molar-refractivity contribution in [2.24, 2.45) is 0 Å². The Bertz CT molecular complexity index is 545. The van der Waals surface area contributed by atoms with E-state index in [1.807, 2.05) is 18.2 Å². The summed E-state index contributed by atoms with van der Waals surface area (Å²) in [7, 11) is 1.62. The van der Waals surface area contributed by atoms with Crippen LogP contribution in [0.3, 0.4) is 0 Å². The molecule has 2 rings (SSSR count). The lowest BCUT2D eigenvalue weighted by Crippen LogP contribution is -1.91. The van der Waals surface area contributed by atoms with Crippen LogP contribution in [-0.4, -0.2) is 12.1 Å². The highest BCUT2D eigenvalue weighted by Gasteiger charge is 2.10. The van der Waals surface area contributed by atoms with Crippen LogP contribution in [0.4, 0.5) is 0 Å². The number of benzene rings is 1. The zero-order chi connectivity index (χ0) is 11.7. The molecule has 0 spiro atoms. The molecule has 0 saturated heterocycles. The molecule has 84 valence electrons. The Kier molecular flexibility index (Phi) is 3.57. The van der Waals surface area contributed by atoms with Gasteiger partial charge in [-0.05, 0) is 34.1 Å². The number of nitrogens with zero attached hydrogens (tertiary/aromatic N) is 1. The lowest BCUT2D eigenvalue weighted by atomic mass is 10.1. The second kappa shape index (κ2) is 4.78. The van der Waals surface area contributed by atoms with Gasteiger partial charge in [-0.25, -0.2) is 4.98 Å². The van der Waals surface area contributed by atoms with Crippen LogP contribution in [0.1, 0.15) is 5.56 Å². The zero-order valence-electron chi connectivity index (χ0n) is 8.43. The van der Waals surface area contributed by atoms with Crippen molar-refractivity contribution < 1.29 is 4.74 Å². The molecule has 0 bridgehead atoms. The van der Waals surface area contributed by atoms with Crippen LogP contribution < -0.4 is 4.74 Å². The van der Waals surface area contributed by atoms with Crippen molar-refractivity contribution >= 4 is 50.0 Å². The van der Waals surface area contributed by atoms with Gasteiger partial charge in [0.2, 0.25) is 0 Å². The van der Waals surface area contributed by atoms with Gasteiger partial charge in [0.05, 0.1) is 18.5 Å². The molecule has 2 nitrogen and oxygen atoms in total. The molecular formula is C11H8BrCl2NO. The summed E-state index contributed by atoms with van der Waals surface area (Å²) in [5, 5.41) is 1.33. The minimum absolute atomic E-state index is 0.331. The number of fused-ring (bicyclic) bond motifs is 1. The Labute approximate surface area is 112 Å². The first-order valence-corrected chi connectivity index (χ1v) is 6.25. The van der Waals surface area contributed by atoms with Crippen LogP contribution in [-0.2, 0) is 5.88 Å². The predicted molar refractivity (Wildman–Crippen MR) is 70.6 cm³/mol. The lowest BCUT2D eigenvalue weighted by molar-refractivity contribution is 0.419. The summed E-state index contributed by atoms with van der Waals surface area (Å²) in [6, 6.07) is 5.66. The summed E-state index contributed by atoms with van der Waals surface area (Å²) in [6.07, 6.45) is 0. The zero-order valence-corrected chi connectivity index (χ0v) is 11.5. The van der Waals surface area contributed by atoms with Crippen LogP contribution in [0.15, 0.2) is 22.7 Å². The molecule has 0 aliphatic heterocycles.